The Morgan fingerprint density at radius 1 is 1.14 bits per heavy atom. The summed E-state index contributed by atoms with van der Waals surface area (Å²) in [4.78, 5) is 0. The number of rotatable bonds is 3. The molecule has 0 spiro atoms. The number of hydrogen-bond donors (Lipinski definition) is 1. The smallest absolute Gasteiger partial charge is 0.0992 e. The maximum absolute atomic E-state index is 8.95. The predicted molar refractivity (Wildman–Crippen MR) is 86.7 cm³/mol. The van der Waals surface area contributed by atoms with Crippen molar-refractivity contribution >= 4 is 17.3 Å². The molecule has 0 saturated heterocycles. The first kappa shape index (κ1) is 14.0. The van der Waals surface area contributed by atoms with Crippen molar-refractivity contribution in [2.45, 2.75) is 31.7 Å². The number of halogens is 1. The quantitative estimate of drug-likeness (QED) is 0.876. The van der Waals surface area contributed by atoms with Crippen molar-refractivity contribution in [2.24, 2.45) is 0 Å². The lowest BCUT2D eigenvalue weighted by atomic mass is 9.75. The molecule has 106 valence electrons. The number of hydrogen-bond acceptors (Lipinski definition) is 2. The molecular formula is C18H17ClN2. The molecule has 1 aliphatic carbocycles. The molecule has 1 fully saturated rings. The van der Waals surface area contributed by atoms with E-state index in [4.69, 9.17) is 16.9 Å². The molecule has 0 aromatic heterocycles. The third-order valence-corrected chi connectivity index (χ3v) is 4.47. The molecule has 0 atom stereocenters. The highest BCUT2D eigenvalue weighted by Crippen LogP contribution is 2.39. The van der Waals surface area contributed by atoms with Crippen LogP contribution >= 0.6 is 11.6 Å². The van der Waals surface area contributed by atoms with Gasteiger partial charge in [0, 0.05) is 6.04 Å². The molecule has 21 heavy (non-hydrogen) atoms. The van der Waals surface area contributed by atoms with Crippen LogP contribution in [0.1, 0.15) is 35.4 Å². The summed E-state index contributed by atoms with van der Waals surface area (Å²) >= 11 is 6.18. The molecule has 2 nitrogen and oxygen atoms in total. The Hall–Kier alpha value is -1.98. The molecule has 2 aromatic carbocycles. The van der Waals surface area contributed by atoms with Crippen molar-refractivity contribution in [3.05, 3.63) is 64.2 Å². The van der Waals surface area contributed by atoms with E-state index < -0.39 is 0 Å². The maximum atomic E-state index is 8.95. The van der Waals surface area contributed by atoms with Gasteiger partial charge in [0.1, 0.15) is 0 Å². The first-order chi connectivity index (χ1) is 10.2. The van der Waals surface area contributed by atoms with E-state index in [1.807, 2.05) is 6.07 Å². The van der Waals surface area contributed by atoms with Crippen LogP contribution in [0.25, 0.3) is 0 Å². The van der Waals surface area contributed by atoms with Crippen LogP contribution < -0.4 is 5.32 Å². The highest BCUT2D eigenvalue weighted by Gasteiger charge is 2.30. The third kappa shape index (κ3) is 3.04. The van der Waals surface area contributed by atoms with E-state index in [0.717, 1.165) is 18.5 Å². The zero-order chi connectivity index (χ0) is 14.8. The SMILES string of the molecule is Cc1ccc(C2CC(Nc3cc(C#N)ccc3Cl)C2)cc1. The van der Waals surface area contributed by atoms with Gasteiger partial charge < -0.3 is 5.32 Å². The zero-order valence-corrected chi connectivity index (χ0v) is 12.7. The van der Waals surface area contributed by atoms with Crippen molar-refractivity contribution in [1.29, 1.82) is 5.26 Å². The largest absolute Gasteiger partial charge is 0.381 e. The van der Waals surface area contributed by atoms with Gasteiger partial charge in [0.2, 0.25) is 0 Å². The Labute approximate surface area is 130 Å². The topological polar surface area (TPSA) is 35.8 Å². The summed E-state index contributed by atoms with van der Waals surface area (Å²) in [5.41, 5.74) is 4.21. The number of anilines is 1. The number of aryl methyl sites for hydroxylation is 1. The first-order valence-corrected chi connectivity index (χ1v) is 7.56. The van der Waals surface area contributed by atoms with E-state index in [9.17, 15) is 0 Å². The van der Waals surface area contributed by atoms with Crippen molar-refractivity contribution in [1.82, 2.24) is 0 Å². The fourth-order valence-corrected chi connectivity index (χ4v) is 2.94. The van der Waals surface area contributed by atoms with Gasteiger partial charge in [-0.15, -0.1) is 0 Å². The molecule has 1 aliphatic rings. The molecule has 0 aliphatic heterocycles. The van der Waals surface area contributed by atoms with Crippen LogP contribution in [0, 0.1) is 18.3 Å². The van der Waals surface area contributed by atoms with Gasteiger partial charge in [0.15, 0.2) is 0 Å². The molecule has 1 N–H and O–H groups in total. The van der Waals surface area contributed by atoms with E-state index in [2.05, 4.69) is 42.6 Å². The molecule has 0 bridgehead atoms. The minimum absolute atomic E-state index is 0.433. The van der Waals surface area contributed by atoms with Crippen molar-refractivity contribution in [3.8, 4) is 6.07 Å². The minimum Gasteiger partial charge on any atom is -0.381 e. The second-order valence-electron chi connectivity index (χ2n) is 5.73. The first-order valence-electron chi connectivity index (χ1n) is 7.18. The average Bonchev–Trinajstić information content (AvgIpc) is 2.45. The molecule has 0 amide bonds. The van der Waals surface area contributed by atoms with E-state index in [1.54, 1.807) is 12.1 Å². The summed E-state index contributed by atoms with van der Waals surface area (Å²) in [6, 6.07) is 16.7. The summed E-state index contributed by atoms with van der Waals surface area (Å²) < 4.78 is 0. The van der Waals surface area contributed by atoms with Gasteiger partial charge in [-0.25, -0.2) is 0 Å². The van der Waals surface area contributed by atoms with Gasteiger partial charge in [0.25, 0.3) is 0 Å². The summed E-state index contributed by atoms with van der Waals surface area (Å²) in [6.07, 6.45) is 2.21. The monoisotopic (exact) mass is 296 g/mol. The molecule has 0 radical (unpaired) electrons. The van der Waals surface area contributed by atoms with Crippen LogP contribution in [-0.2, 0) is 0 Å². The highest BCUT2D eigenvalue weighted by molar-refractivity contribution is 6.33. The van der Waals surface area contributed by atoms with Crippen molar-refractivity contribution in [2.75, 3.05) is 5.32 Å². The molecular weight excluding hydrogens is 280 g/mol. The molecule has 1 saturated carbocycles. The maximum Gasteiger partial charge on any atom is 0.0992 e. The molecule has 3 rings (SSSR count). The average molecular weight is 297 g/mol. The number of nitrogens with zero attached hydrogens (tertiary/aromatic N) is 1. The fourth-order valence-electron chi connectivity index (χ4n) is 2.77. The molecule has 3 heteroatoms. The normalized spacial score (nSPS) is 20.4. The lowest BCUT2D eigenvalue weighted by Gasteiger charge is -2.37. The summed E-state index contributed by atoms with van der Waals surface area (Å²) in [6.45, 7) is 2.11. The second-order valence-corrected chi connectivity index (χ2v) is 6.13. The van der Waals surface area contributed by atoms with Gasteiger partial charge in [-0.05, 0) is 49.4 Å². The van der Waals surface area contributed by atoms with E-state index >= 15 is 0 Å². The second kappa shape index (κ2) is 5.79. The molecule has 0 unspecified atom stereocenters. The molecule has 0 heterocycles. The van der Waals surface area contributed by atoms with Gasteiger partial charge in [-0.3, -0.25) is 0 Å². The fraction of sp³-hybridized carbons (Fsp3) is 0.278. The van der Waals surface area contributed by atoms with E-state index in [1.165, 1.54) is 11.1 Å². The Morgan fingerprint density at radius 3 is 2.52 bits per heavy atom. The number of nitrogens with one attached hydrogen (secondary N) is 1. The van der Waals surface area contributed by atoms with Gasteiger partial charge in [-0.1, -0.05) is 41.4 Å². The third-order valence-electron chi connectivity index (χ3n) is 4.14. The summed E-state index contributed by atoms with van der Waals surface area (Å²) in [7, 11) is 0. The Kier molecular flexibility index (Phi) is 3.86. The van der Waals surface area contributed by atoms with Crippen molar-refractivity contribution < 1.29 is 0 Å². The predicted octanol–water partition coefficient (Wildman–Crippen LogP) is 4.88. The van der Waals surface area contributed by atoms with Crippen LogP contribution in [0.15, 0.2) is 42.5 Å². The van der Waals surface area contributed by atoms with Gasteiger partial charge in [0.05, 0.1) is 22.3 Å². The van der Waals surface area contributed by atoms with Gasteiger partial charge in [-0.2, -0.15) is 5.26 Å². The number of benzene rings is 2. The summed E-state index contributed by atoms with van der Waals surface area (Å²) in [5, 5.41) is 13.1. The van der Waals surface area contributed by atoms with E-state index in [-0.39, 0.29) is 0 Å². The summed E-state index contributed by atoms with van der Waals surface area (Å²) in [5.74, 6) is 0.626. The van der Waals surface area contributed by atoms with Crippen LogP contribution in [0.5, 0.6) is 0 Å². The Bertz CT molecular complexity index is 679. The van der Waals surface area contributed by atoms with Crippen LogP contribution in [0.4, 0.5) is 5.69 Å². The van der Waals surface area contributed by atoms with Crippen LogP contribution in [0.3, 0.4) is 0 Å². The van der Waals surface area contributed by atoms with E-state index in [0.29, 0.717) is 22.5 Å². The standard InChI is InChI=1S/C18H17ClN2/c1-12-2-5-14(6-3-12)15-9-16(10-15)21-18-8-13(11-20)4-7-17(18)19/h2-8,15-16,21H,9-10H2,1H3. The van der Waals surface area contributed by atoms with Crippen LogP contribution in [-0.4, -0.2) is 6.04 Å². The van der Waals surface area contributed by atoms with Crippen LogP contribution in [0.2, 0.25) is 5.02 Å². The lowest BCUT2D eigenvalue weighted by molar-refractivity contribution is 0.374. The van der Waals surface area contributed by atoms with Crippen molar-refractivity contribution in [3.63, 3.8) is 0 Å². The Balaban J connectivity index is 1.62. The zero-order valence-electron chi connectivity index (χ0n) is 11.9. The minimum atomic E-state index is 0.433. The van der Waals surface area contributed by atoms with Gasteiger partial charge >= 0.3 is 0 Å². The lowest BCUT2D eigenvalue weighted by Crippen LogP contribution is -2.34. The highest BCUT2D eigenvalue weighted by atomic mass is 35.5. The Morgan fingerprint density at radius 2 is 1.86 bits per heavy atom. The number of nitriles is 1. The molecule has 2 aromatic rings.